The molecule has 1 aliphatic carbocycles. The van der Waals surface area contributed by atoms with Crippen LogP contribution in [0.2, 0.25) is 0 Å². The van der Waals surface area contributed by atoms with E-state index >= 15 is 0 Å². The van der Waals surface area contributed by atoms with Crippen LogP contribution in [0.5, 0.6) is 0 Å². The van der Waals surface area contributed by atoms with E-state index in [-0.39, 0.29) is 23.2 Å². The first kappa shape index (κ1) is 12.6. The fraction of sp³-hybridized carbons (Fsp3) is 0.867. The van der Waals surface area contributed by atoms with Gasteiger partial charge in [0, 0.05) is 12.8 Å². The third-order valence-electron chi connectivity index (χ3n) is 4.91. The maximum absolute atomic E-state index is 10.2. The minimum absolute atomic E-state index is 0.0684. The lowest BCUT2D eigenvalue weighted by Gasteiger charge is -2.21. The zero-order chi connectivity index (χ0) is 13.1. The van der Waals surface area contributed by atoms with Gasteiger partial charge in [-0.15, -0.1) is 0 Å². The summed E-state index contributed by atoms with van der Waals surface area (Å²) in [5.41, 5.74) is 1.15. The van der Waals surface area contributed by atoms with Gasteiger partial charge in [0.2, 0.25) is 0 Å². The molecule has 3 heteroatoms. The molecule has 2 aliphatic heterocycles. The zero-order valence-electron chi connectivity index (χ0n) is 11.8. The molecule has 0 bridgehead atoms. The van der Waals surface area contributed by atoms with E-state index in [9.17, 15) is 5.11 Å². The lowest BCUT2D eigenvalue weighted by Crippen LogP contribution is -2.22. The van der Waals surface area contributed by atoms with Gasteiger partial charge in [-0.05, 0) is 31.3 Å². The van der Waals surface area contributed by atoms with Gasteiger partial charge in [-0.2, -0.15) is 0 Å². The molecule has 2 heterocycles. The fourth-order valence-corrected chi connectivity index (χ4v) is 3.22. The third kappa shape index (κ3) is 2.13. The van der Waals surface area contributed by atoms with E-state index < -0.39 is 0 Å². The summed E-state index contributed by atoms with van der Waals surface area (Å²) < 4.78 is 11.7. The van der Waals surface area contributed by atoms with Crippen LogP contribution in [0, 0.1) is 5.41 Å². The number of allylic oxidation sites excluding steroid dienone is 1. The van der Waals surface area contributed by atoms with Crippen molar-refractivity contribution in [2.75, 3.05) is 0 Å². The quantitative estimate of drug-likeness (QED) is 0.532. The van der Waals surface area contributed by atoms with Crippen molar-refractivity contribution in [2.24, 2.45) is 5.41 Å². The molecule has 2 saturated heterocycles. The first-order valence-electron chi connectivity index (χ1n) is 7.00. The fourth-order valence-electron chi connectivity index (χ4n) is 3.22. The van der Waals surface area contributed by atoms with E-state index in [2.05, 4.69) is 26.8 Å². The summed E-state index contributed by atoms with van der Waals surface area (Å²) in [6.07, 6.45) is 5.37. The molecule has 0 amide bonds. The van der Waals surface area contributed by atoms with Crippen molar-refractivity contribution in [1.82, 2.24) is 0 Å². The number of ether oxygens (including phenoxy) is 2. The molecule has 1 N–H and O–H groups in total. The molecule has 0 aromatic heterocycles. The van der Waals surface area contributed by atoms with Gasteiger partial charge >= 0.3 is 0 Å². The molecule has 18 heavy (non-hydrogen) atoms. The second kappa shape index (κ2) is 3.81. The smallest absolute Gasteiger partial charge is 0.0947 e. The highest BCUT2D eigenvalue weighted by Crippen LogP contribution is 2.51. The van der Waals surface area contributed by atoms with E-state index in [1.165, 1.54) is 0 Å². The lowest BCUT2D eigenvalue weighted by molar-refractivity contribution is 0.182. The van der Waals surface area contributed by atoms with Crippen molar-refractivity contribution in [3.63, 3.8) is 0 Å². The first-order chi connectivity index (χ1) is 8.32. The minimum atomic E-state index is -0.358. The maximum Gasteiger partial charge on any atom is 0.0947 e. The highest BCUT2D eigenvalue weighted by atomic mass is 16.6. The van der Waals surface area contributed by atoms with Crippen molar-refractivity contribution in [3.05, 3.63) is 11.6 Å². The summed E-state index contributed by atoms with van der Waals surface area (Å²) in [6, 6.07) is 0. The number of rotatable bonds is 0. The number of fused-ring (bicyclic) bond motifs is 2. The number of hydrogen-bond acceptors (Lipinski definition) is 3. The molecule has 0 aromatic carbocycles. The Hall–Kier alpha value is -0.380. The van der Waals surface area contributed by atoms with Crippen LogP contribution in [0.25, 0.3) is 0 Å². The molecule has 102 valence electrons. The predicted molar refractivity (Wildman–Crippen MR) is 69.3 cm³/mol. The number of aliphatic hydroxyl groups is 1. The SMILES string of the molecule is C/C1=C/CC(C)(C)[C@@H]2O[C@H]2C[C@@]2(C)O[C@@H]2C[C@@H]1O. The van der Waals surface area contributed by atoms with E-state index in [4.69, 9.17) is 9.47 Å². The predicted octanol–water partition coefficient (Wildman–Crippen LogP) is 2.43. The van der Waals surface area contributed by atoms with Crippen LogP contribution >= 0.6 is 0 Å². The molecule has 0 radical (unpaired) electrons. The van der Waals surface area contributed by atoms with Gasteiger partial charge < -0.3 is 14.6 Å². The van der Waals surface area contributed by atoms with Crippen molar-refractivity contribution >= 4 is 0 Å². The van der Waals surface area contributed by atoms with Crippen LogP contribution in [0.3, 0.4) is 0 Å². The van der Waals surface area contributed by atoms with Gasteiger partial charge in [0.05, 0.1) is 30.0 Å². The summed E-state index contributed by atoms with van der Waals surface area (Å²) in [5, 5.41) is 10.2. The minimum Gasteiger partial charge on any atom is -0.389 e. The van der Waals surface area contributed by atoms with Crippen LogP contribution < -0.4 is 0 Å². The van der Waals surface area contributed by atoms with Crippen molar-refractivity contribution in [2.45, 2.75) is 77.0 Å². The number of hydrogen-bond donors (Lipinski definition) is 1. The maximum atomic E-state index is 10.2. The Labute approximate surface area is 109 Å². The van der Waals surface area contributed by atoms with Crippen LogP contribution in [0.4, 0.5) is 0 Å². The van der Waals surface area contributed by atoms with E-state index in [0.29, 0.717) is 12.2 Å². The third-order valence-corrected chi connectivity index (χ3v) is 4.91. The zero-order valence-corrected chi connectivity index (χ0v) is 11.8. The van der Waals surface area contributed by atoms with E-state index in [0.717, 1.165) is 24.8 Å². The van der Waals surface area contributed by atoms with E-state index in [1.807, 2.05) is 6.92 Å². The average Bonchev–Trinajstić information content (AvgIpc) is 3.14. The molecule has 0 unspecified atom stereocenters. The summed E-state index contributed by atoms with van der Waals surface area (Å²) >= 11 is 0. The largest absolute Gasteiger partial charge is 0.389 e. The molecule has 3 rings (SSSR count). The normalized spacial score (nSPS) is 53.3. The second-order valence-corrected chi connectivity index (χ2v) is 7.11. The van der Waals surface area contributed by atoms with Crippen molar-refractivity contribution in [1.29, 1.82) is 0 Å². The Morgan fingerprint density at radius 3 is 2.78 bits per heavy atom. The lowest BCUT2D eigenvalue weighted by atomic mass is 9.82. The summed E-state index contributed by atoms with van der Waals surface area (Å²) in [6.45, 7) is 8.66. The Morgan fingerprint density at radius 1 is 1.33 bits per heavy atom. The second-order valence-electron chi connectivity index (χ2n) is 7.11. The molecule has 2 fully saturated rings. The summed E-state index contributed by atoms with van der Waals surface area (Å²) in [7, 11) is 0. The van der Waals surface area contributed by atoms with Crippen LogP contribution in [-0.4, -0.2) is 35.1 Å². The monoisotopic (exact) mass is 252 g/mol. The van der Waals surface area contributed by atoms with Gasteiger partial charge in [0.25, 0.3) is 0 Å². The molecule has 0 spiro atoms. The molecular formula is C15H24O3. The van der Waals surface area contributed by atoms with Gasteiger partial charge in [0.15, 0.2) is 0 Å². The van der Waals surface area contributed by atoms with Gasteiger partial charge in [0.1, 0.15) is 0 Å². The standard InChI is InChI=1S/C15H24O3/c1-9-5-6-14(2,3)13-11(17-13)8-15(4)12(18-15)7-10(9)16/h5,10-13,16H,6-8H2,1-4H3/b9-5-/t10-,11-,12+,13+,15+/m0/s1. The average molecular weight is 252 g/mol. The molecular weight excluding hydrogens is 228 g/mol. The van der Waals surface area contributed by atoms with Gasteiger partial charge in [-0.25, -0.2) is 0 Å². The number of epoxide rings is 2. The topological polar surface area (TPSA) is 45.3 Å². The van der Waals surface area contributed by atoms with Gasteiger partial charge in [-0.1, -0.05) is 19.9 Å². The van der Waals surface area contributed by atoms with Crippen LogP contribution in [0.1, 0.15) is 47.0 Å². The molecule has 3 aliphatic rings. The van der Waals surface area contributed by atoms with E-state index in [1.54, 1.807) is 0 Å². The summed E-state index contributed by atoms with van der Waals surface area (Å²) in [4.78, 5) is 0. The van der Waals surface area contributed by atoms with Gasteiger partial charge in [-0.3, -0.25) is 0 Å². The summed E-state index contributed by atoms with van der Waals surface area (Å²) in [5.74, 6) is 0. The Morgan fingerprint density at radius 2 is 2.06 bits per heavy atom. The Balaban J connectivity index is 1.81. The highest BCUT2D eigenvalue weighted by Gasteiger charge is 2.60. The van der Waals surface area contributed by atoms with Crippen LogP contribution in [-0.2, 0) is 9.47 Å². The first-order valence-corrected chi connectivity index (χ1v) is 7.00. The van der Waals surface area contributed by atoms with Crippen LogP contribution in [0.15, 0.2) is 11.6 Å². The Bertz CT molecular complexity index is 387. The molecule has 5 atom stereocenters. The molecule has 0 aromatic rings. The van der Waals surface area contributed by atoms with Crippen molar-refractivity contribution < 1.29 is 14.6 Å². The molecule has 3 nitrogen and oxygen atoms in total. The number of aliphatic hydroxyl groups excluding tert-OH is 1. The van der Waals surface area contributed by atoms with Crippen molar-refractivity contribution in [3.8, 4) is 0 Å². The Kier molecular flexibility index (Phi) is 2.68. The highest BCUT2D eigenvalue weighted by molar-refractivity contribution is 5.15. The molecule has 0 saturated carbocycles.